The maximum absolute atomic E-state index is 8.74. The van der Waals surface area contributed by atoms with Gasteiger partial charge in [0, 0.05) is 5.56 Å². The predicted molar refractivity (Wildman–Crippen MR) is 68.6 cm³/mol. The molecule has 18 heavy (non-hydrogen) atoms. The second kappa shape index (κ2) is 4.30. The van der Waals surface area contributed by atoms with Gasteiger partial charge in [-0.25, -0.2) is 4.68 Å². The molecule has 0 saturated carbocycles. The number of nitriles is 1. The third-order valence-corrected chi connectivity index (χ3v) is 2.88. The molecular formula is C14H10N4. The van der Waals surface area contributed by atoms with Crippen LogP contribution < -0.4 is 0 Å². The van der Waals surface area contributed by atoms with Gasteiger partial charge >= 0.3 is 0 Å². The minimum atomic E-state index is 0.210. The molecule has 0 atom stereocenters. The van der Waals surface area contributed by atoms with E-state index in [4.69, 9.17) is 5.26 Å². The summed E-state index contributed by atoms with van der Waals surface area (Å²) in [4.78, 5) is 0. The Morgan fingerprint density at radius 1 is 1.11 bits per heavy atom. The van der Waals surface area contributed by atoms with Gasteiger partial charge in [-0.1, -0.05) is 41.6 Å². The summed E-state index contributed by atoms with van der Waals surface area (Å²) in [6, 6.07) is 16.4. The zero-order valence-corrected chi connectivity index (χ0v) is 9.61. The van der Waals surface area contributed by atoms with E-state index in [-0.39, 0.29) is 6.54 Å². The smallest absolute Gasteiger partial charge is 0.130 e. The molecule has 1 aromatic heterocycles. The van der Waals surface area contributed by atoms with Crippen molar-refractivity contribution < 1.29 is 0 Å². The van der Waals surface area contributed by atoms with Gasteiger partial charge in [-0.15, -0.1) is 5.10 Å². The quantitative estimate of drug-likeness (QED) is 0.684. The normalized spacial score (nSPS) is 10.4. The van der Waals surface area contributed by atoms with E-state index in [0.29, 0.717) is 0 Å². The van der Waals surface area contributed by atoms with Crippen molar-refractivity contribution in [2.24, 2.45) is 0 Å². The van der Waals surface area contributed by atoms with Crippen molar-refractivity contribution in [1.29, 1.82) is 5.26 Å². The third kappa shape index (κ3) is 1.72. The molecule has 86 valence electrons. The Morgan fingerprint density at radius 3 is 2.78 bits per heavy atom. The minimum absolute atomic E-state index is 0.210. The van der Waals surface area contributed by atoms with Crippen molar-refractivity contribution in [3.05, 3.63) is 48.7 Å². The van der Waals surface area contributed by atoms with Crippen LogP contribution in [0, 0.1) is 11.3 Å². The molecule has 0 aliphatic carbocycles. The molecule has 4 nitrogen and oxygen atoms in total. The molecule has 0 spiro atoms. The van der Waals surface area contributed by atoms with Gasteiger partial charge in [0.05, 0.1) is 18.0 Å². The van der Waals surface area contributed by atoms with Crippen LogP contribution in [0.2, 0.25) is 0 Å². The van der Waals surface area contributed by atoms with E-state index in [2.05, 4.69) is 40.6 Å². The first-order valence-corrected chi connectivity index (χ1v) is 5.63. The molecule has 4 heteroatoms. The van der Waals surface area contributed by atoms with Crippen LogP contribution in [0.4, 0.5) is 0 Å². The summed E-state index contributed by atoms with van der Waals surface area (Å²) >= 11 is 0. The summed E-state index contributed by atoms with van der Waals surface area (Å²) in [5.74, 6) is 0. The molecule has 0 aliphatic heterocycles. The molecule has 1 heterocycles. The maximum atomic E-state index is 8.74. The highest BCUT2D eigenvalue weighted by molar-refractivity contribution is 5.86. The SMILES string of the molecule is N#CCn1nncc1-c1ccc2ccccc2c1. The van der Waals surface area contributed by atoms with E-state index in [1.807, 2.05) is 18.2 Å². The van der Waals surface area contributed by atoms with E-state index < -0.39 is 0 Å². The van der Waals surface area contributed by atoms with Crippen molar-refractivity contribution in [2.45, 2.75) is 6.54 Å². The number of rotatable bonds is 2. The third-order valence-electron chi connectivity index (χ3n) is 2.88. The number of benzene rings is 2. The average Bonchev–Trinajstić information content (AvgIpc) is 2.87. The number of aromatic nitrogens is 3. The predicted octanol–water partition coefficient (Wildman–Crippen LogP) is 2.62. The molecule has 0 fully saturated rings. The summed E-state index contributed by atoms with van der Waals surface area (Å²) in [7, 11) is 0. The highest BCUT2D eigenvalue weighted by atomic mass is 15.4. The Morgan fingerprint density at radius 2 is 1.94 bits per heavy atom. The number of hydrogen-bond acceptors (Lipinski definition) is 3. The second-order valence-electron chi connectivity index (χ2n) is 4.00. The molecule has 0 amide bonds. The van der Waals surface area contributed by atoms with Crippen molar-refractivity contribution in [2.75, 3.05) is 0 Å². The Bertz CT molecular complexity index is 737. The molecule has 0 saturated heterocycles. The molecule has 3 rings (SSSR count). The van der Waals surface area contributed by atoms with Crippen molar-refractivity contribution in [1.82, 2.24) is 15.0 Å². The van der Waals surface area contributed by atoms with E-state index >= 15 is 0 Å². The summed E-state index contributed by atoms with van der Waals surface area (Å²) in [6.07, 6.45) is 1.68. The molecule has 0 bridgehead atoms. The van der Waals surface area contributed by atoms with Gasteiger partial charge in [-0.05, 0) is 16.8 Å². The van der Waals surface area contributed by atoms with Gasteiger partial charge in [-0.2, -0.15) is 5.26 Å². The largest absolute Gasteiger partial charge is 0.231 e. The Balaban J connectivity index is 2.14. The van der Waals surface area contributed by atoms with Crippen LogP contribution in [0.15, 0.2) is 48.7 Å². The molecular weight excluding hydrogens is 224 g/mol. The first-order valence-electron chi connectivity index (χ1n) is 5.63. The van der Waals surface area contributed by atoms with Gasteiger partial charge in [0.2, 0.25) is 0 Å². The lowest BCUT2D eigenvalue weighted by atomic mass is 10.1. The van der Waals surface area contributed by atoms with Gasteiger partial charge in [0.15, 0.2) is 0 Å². The number of fused-ring (bicyclic) bond motifs is 1. The molecule has 2 aromatic carbocycles. The fourth-order valence-corrected chi connectivity index (χ4v) is 2.01. The summed E-state index contributed by atoms with van der Waals surface area (Å²) in [5.41, 5.74) is 1.89. The van der Waals surface area contributed by atoms with Crippen LogP contribution in [0.1, 0.15) is 0 Å². The molecule has 0 radical (unpaired) electrons. The number of nitrogens with zero attached hydrogens (tertiary/aromatic N) is 4. The standard InChI is InChI=1S/C14H10N4/c15-7-8-18-14(10-16-17-18)13-6-5-11-3-1-2-4-12(11)9-13/h1-6,9-10H,8H2. The van der Waals surface area contributed by atoms with Crippen LogP contribution in [-0.2, 0) is 6.54 Å². The zero-order valence-electron chi connectivity index (χ0n) is 9.61. The van der Waals surface area contributed by atoms with Gasteiger partial charge < -0.3 is 0 Å². The maximum Gasteiger partial charge on any atom is 0.130 e. The molecule has 3 aromatic rings. The lowest BCUT2D eigenvalue weighted by molar-refractivity contribution is 0.674. The van der Waals surface area contributed by atoms with Gasteiger partial charge in [0.25, 0.3) is 0 Å². The Kier molecular flexibility index (Phi) is 2.50. The minimum Gasteiger partial charge on any atom is -0.231 e. The topological polar surface area (TPSA) is 54.5 Å². The molecule has 0 aliphatic rings. The molecule has 0 N–H and O–H groups in total. The Labute approximate surface area is 104 Å². The highest BCUT2D eigenvalue weighted by Gasteiger charge is 2.06. The summed E-state index contributed by atoms with van der Waals surface area (Å²) in [5, 5.41) is 18.9. The second-order valence-corrected chi connectivity index (χ2v) is 4.00. The fourth-order valence-electron chi connectivity index (χ4n) is 2.01. The van der Waals surface area contributed by atoms with E-state index in [0.717, 1.165) is 11.3 Å². The zero-order chi connectivity index (χ0) is 12.4. The van der Waals surface area contributed by atoms with Crippen molar-refractivity contribution in [3.63, 3.8) is 0 Å². The summed E-state index contributed by atoms with van der Waals surface area (Å²) < 4.78 is 1.60. The highest BCUT2D eigenvalue weighted by Crippen LogP contribution is 2.23. The van der Waals surface area contributed by atoms with Gasteiger partial charge in [-0.3, -0.25) is 0 Å². The van der Waals surface area contributed by atoms with Crippen LogP contribution in [0.25, 0.3) is 22.0 Å². The van der Waals surface area contributed by atoms with Gasteiger partial charge in [0.1, 0.15) is 6.54 Å². The van der Waals surface area contributed by atoms with Crippen LogP contribution in [0.3, 0.4) is 0 Å². The fraction of sp³-hybridized carbons (Fsp3) is 0.0714. The van der Waals surface area contributed by atoms with E-state index in [9.17, 15) is 0 Å². The van der Waals surface area contributed by atoms with Crippen molar-refractivity contribution >= 4 is 10.8 Å². The summed E-state index contributed by atoms with van der Waals surface area (Å²) in [6.45, 7) is 0.210. The molecule has 0 unspecified atom stereocenters. The van der Waals surface area contributed by atoms with Crippen LogP contribution in [-0.4, -0.2) is 15.0 Å². The van der Waals surface area contributed by atoms with Crippen LogP contribution in [0.5, 0.6) is 0 Å². The average molecular weight is 234 g/mol. The lowest BCUT2D eigenvalue weighted by Crippen LogP contribution is -2.00. The van der Waals surface area contributed by atoms with Crippen LogP contribution >= 0.6 is 0 Å². The van der Waals surface area contributed by atoms with E-state index in [1.165, 1.54) is 10.8 Å². The lowest BCUT2D eigenvalue weighted by Gasteiger charge is -2.04. The first kappa shape index (κ1) is 10.5. The van der Waals surface area contributed by atoms with E-state index in [1.54, 1.807) is 10.9 Å². The first-order chi connectivity index (χ1) is 8.88. The monoisotopic (exact) mass is 234 g/mol. The Hall–Kier alpha value is -2.67. The number of hydrogen-bond donors (Lipinski definition) is 0. The van der Waals surface area contributed by atoms with Crippen molar-refractivity contribution in [3.8, 4) is 17.3 Å².